The normalized spacial score (nSPS) is 28.5. The van der Waals surface area contributed by atoms with Gasteiger partial charge in [0.25, 0.3) is 0 Å². The fraction of sp³-hybridized carbons (Fsp3) is 0.818. The smallest absolute Gasteiger partial charge is 0.413 e. The number of nitrogens with one attached hydrogen (secondary N) is 2. The Labute approximate surface area is 101 Å². The summed E-state index contributed by atoms with van der Waals surface area (Å²) < 4.78 is 4.38. The molecular formula is C11H19N3O3. The van der Waals surface area contributed by atoms with Crippen LogP contribution in [0.25, 0.3) is 0 Å². The summed E-state index contributed by atoms with van der Waals surface area (Å²) in [6.45, 7) is 2.05. The topological polar surface area (TPSA) is 70.7 Å². The van der Waals surface area contributed by atoms with E-state index in [4.69, 9.17) is 0 Å². The van der Waals surface area contributed by atoms with Crippen molar-refractivity contribution in [3.63, 3.8) is 0 Å². The SMILES string of the molecule is COC(=O)NC(=O)CN1CCC2CCC(C1)N2. The zero-order valence-electron chi connectivity index (χ0n) is 10.1. The Morgan fingerprint density at radius 1 is 1.35 bits per heavy atom. The molecule has 0 aliphatic carbocycles. The summed E-state index contributed by atoms with van der Waals surface area (Å²) in [7, 11) is 1.25. The third kappa shape index (κ3) is 3.41. The molecule has 0 aromatic rings. The molecule has 2 atom stereocenters. The highest BCUT2D eigenvalue weighted by Gasteiger charge is 2.29. The van der Waals surface area contributed by atoms with Crippen LogP contribution >= 0.6 is 0 Å². The molecule has 2 aliphatic heterocycles. The maximum atomic E-state index is 11.5. The second-order valence-electron chi connectivity index (χ2n) is 4.70. The number of amides is 2. The van der Waals surface area contributed by atoms with E-state index >= 15 is 0 Å². The van der Waals surface area contributed by atoms with Crippen LogP contribution in [0.15, 0.2) is 0 Å². The molecule has 2 saturated heterocycles. The third-order valence-electron chi connectivity index (χ3n) is 3.40. The maximum Gasteiger partial charge on any atom is 0.413 e. The van der Waals surface area contributed by atoms with Gasteiger partial charge < -0.3 is 10.1 Å². The van der Waals surface area contributed by atoms with Crippen LogP contribution in [-0.2, 0) is 9.53 Å². The highest BCUT2D eigenvalue weighted by Crippen LogP contribution is 2.19. The molecule has 2 aliphatic rings. The monoisotopic (exact) mass is 241 g/mol. The van der Waals surface area contributed by atoms with E-state index in [1.807, 2.05) is 0 Å². The Kier molecular flexibility index (Phi) is 3.96. The first-order chi connectivity index (χ1) is 8.17. The lowest BCUT2D eigenvalue weighted by Gasteiger charge is -2.22. The lowest BCUT2D eigenvalue weighted by molar-refractivity contribution is -0.121. The quantitative estimate of drug-likeness (QED) is 0.694. The first-order valence-electron chi connectivity index (χ1n) is 6.03. The Hall–Kier alpha value is -1.14. The van der Waals surface area contributed by atoms with Gasteiger partial charge in [-0.05, 0) is 19.3 Å². The van der Waals surface area contributed by atoms with Crippen molar-refractivity contribution in [3.05, 3.63) is 0 Å². The number of alkyl carbamates (subject to hydrolysis) is 1. The standard InChI is InChI=1S/C11H19N3O3/c1-17-11(16)13-10(15)7-14-5-4-8-2-3-9(6-14)12-8/h8-9,12H,2-7H2,1H3,(H,13,15,16). The molecule has 6 heteroatoms. The molecule has 2 heterocycles. The van der Waals surface area contributed by atoms with Gasteiger partial charge in [-0.25, -0.2) is 4.79 Å². The van der Waals surface area contributed by atoms with Gasteiger partial charge in [-0.3, -0.25) is 15.0 Å². The average Bonchev–Trinajstić information content (AvgIpc) is 2.62. The predicted octanol–water partition coefficient (Wildman–Crippen LogP) is -0.305. The average molecular weight is 241 g/mol. The summed E-state index contributed by atoms with van der Waals surface area (Å²) >= 11 is 0. The fourth-order valence-electron chi connectivity index (χ4n) is 2.57. The first kappa shape index (κ1) is 12.3. The van der Waals surface area contributed by atoms with E-state index in [9.17, 15) is 9.59 Å². The molecule has 0 aromatic carbocycles. The van der Waals surface area contributed by atoms with Crippen LogP contribution in [0.4, 0.5) is 4.79 Å². The predicted molar refractivity (Wildman–Crippen MR) is 61.6 cm³/mol. The van der Waals surface area contributed by atoms with Gasteiger partial charge in [0.15, 0.2) is 0 Å². The molecule has 2 unspecified atom stereocenters. The second-order valence-corrected chi connectivity index (χ2v) is 4.70. The van der Waals surface area contributed by atoms with E-state index in [2.05, 4.69) is 20.3 Å². The van der Waals surface area contributed by atoms with Crippen LogP contribution in [0.5, 0.6) is 0 Å². The van der Waals surface area contributed by atoms with E-state index in [-0.39, 0.29) is 12.5 Å². The number of ether oxygens (including phenoxy) is 1. The molecule has 0 spiro atoms. The molecule has 6 nitrogen and oxygen atoms in total. The van der Waals surface area contributed by atoms with E-state index in [1.54, 1.807) is 0 Å². The number of carbonyl (C=O) groups excluding carboxylic acids is 2. The number of fused-ring (bicyclic) bond motifs is 2. The number of hydrogen-bond donors (Lipinski definition) is 2. The van der Waals surface area contributed by atoms with Crippen molar-refractivity contribution in [2.75, 3.05) is 26.7 Å². The molecule has 2 amide bonds. The van der Waals surface area contributed by atoms with Crippen molar-refractivity contribution < 1.29 is 14.3 Å². The molecule has 0 radical (unpaired) electrons. The van der Waals surface area contributed by atoms with Gasteiger partial charge in [-0.1, -0.05) is 0 Å². The van der Waals surface area contributed by atoms with Crippen LogP contribution in [0.1, 0.15) is 19.3 Å². The largest absolute Gasteiger partial charge is 0.453 e. The molecule has 0 aromatic heterocycles. The molecule has 2 rings (SSSR count). The summed E-state index contributed by atoms with van der Waals surface area (Å²) in [5.74, 6) is -0.297. The number of carbonyl (C=O) groups is 2. The van der Waals surface area contributed by atoms with Gasteiger partial charge in [0.1, 0.15) is 0 Å². The molecule has 0 saturated carbocycles. The number of nitrogens with zero attached hydrogens (tertiary/aromatic N) is 1. The molecule has 96 valence electrons. The lowest BCUT2D eigenvalue weighted by atomic mass is 10.1. The second kappa shape index (κ2) is 5.46. The molecule has 2 N–H and O–H groups in total. The van der Waals surface area contributed by atoms with Gasteiger partial charge in [-0.15, -0.1) is 0 Å². The van der Waals surface area contributed by atoms with Crippen molar-refractivity contribution >= 4 is 12.0 Å². The number of methoxy groups -OCH3 is 1. The van der Waals surface area contributed by atoms with Crippen LogP contribution in [0.3, 0.4) is 0 Å². The van der Waals surface area contributed by atoms with E-state index < -0.39 is 6.09 Å². The number of hydrogen-bond acceptors (Lipinski definition) is 5. The summed E-state index contributed by atoms with van der Waals surface area (Å²) in [5, 5.41) is 5.72. The summed E-state index contributed by atoms with van der Waals surface area (Å²) in [6.07, 6.45) is 2.80. The van der Waals surface area contributed by atoms with Gasteiger partial charge >= 0.3 is 6.09 Å². The zero-order valence-corrected chi connectivity index (χ0v) is 10.1. The number of rotatable bonds is 2. The van der Waals surface area contributed by atoms with E-state index in [0.29, 0.717) is 12.1 Å². The van der Waals surface area contributed by atoms with Crippen LogP contribution in [0.2, 0.25) is 0 Å². The van der Waals surface area contributed by atoms with Crippen molar-refractivity contribution in [2.24, 2.45) is 0 Å². The Balaban J connectivity index is 1.78. The Morgan fingerprint density at radius 2 is 2.12 bits per heavy atom. The van der Waals surface area contributed by atoms with Crippen LogP contribution in [0, 0.1) is 0 Å². The zero-order chi connectivity index (χ0) is 12.3. The molecular weight excluding hydrogens is 222 g/mol. The minimum atomic E-state index is -0.690. The fourth-order valence-corrected chi connectivity index (χ4v) is 2.57. The summed E-state index contributed by atoms with van der Waals surface area (Å²) in [4.78, 5) is 24.5. The molecule has 17 heavy (non-hydrogen) atoms. The summed E-state index contributed by atoms with van der Waals surface area (Å²) in [5.41, 5.74) is 0. The number of imide groups is 1. The van der Waals surface area contributed by atoms with Crippen molar-refractivity contribution in [1.29, 1.82) is 0 Å². The minimum Gasteiger partial charge on any atom is -0.453 e. The number of likely N-dealkylation sites (tertiary alicyclic amines) is 1. The van der Waals surface area contributed by atoms with Crippen LogP contribution < -0.4 is 10.6 Å². The minimum absolute atomic E-state index is 0.264. The third-order valence-corrected chi connectivity index (χ3v) is 3.40. The summed E-state index contributed by atoms with van der Waals surface area (Å²) in [6, 6.07) is 1.10. The molecule has 2 fully saturated rings. The van der Waals surface area contributed by atoms with Crippen molar-refractivity contribution in [2.45, 2.75) is 31.3 Å². The van der Waals surface area contributed by atoms with E-state index in [0.717, 1.165) is 19.5 Å². The first-order valence-corrected chi connectivity index (χ1v) is 6.03. The van der Waals surface area contributed by atoms with Crippen LogP contribution in [-0.4, -0.2) is 55.7 Å². The van der Waals surface area contributed by atoms with Gasteiger partial charge in [0, 0.05) is 25.2 Å². The highest BCUT2D eigenvalue weighted by atomic mass is 16.5. The molecule has 2 bridgehead atoms. The van der Waals surface area contributed by atoms with E-state index in [1.165, 1.54) is 20.0 Å². The van der Waals surface area contributed by atoms with Gasteiger partial charge in [-0.2, -0.15) is 0 Å². The van der Waals surface area contributed by atoms with Gasteiger partial charge in [0.2, 0.25) is 5.91 Å². The Morgan fingerprint density at radius 3 is 2.88 bits per heavy atom. The highest BCUT2D eigenvalue weighted by molar-refractivity contribution is 5.92. The Bertz CT molecular complexity index is 308. The van der Waals surface area contributed by atoms with Gasteiger partial charge in [0.05, 0.1) is 13.7 Å². The maximum absolute atomic E-state index is 11.5. The van der Waals surface area contributed by atoms with Crippen molar-refractivity contribution in [3.8, 4) is 0 Å². The lowest BCUT2D eigenvalue weighted by Crippen LogP contribution is -2.43. The van der Waals surface area contributed by atoms with Crippen molar-refractivity contribution in [1.82, 2.24) is 15.5 Å².